The third kappa shape index (κ3) is 3.66. The van der Waals surface area contributed by atoms with Crippen LogP contribution in [0.5, 0.6) is 0 Å². The summed E-state index contributed by atoms with van der Waals surface area (Å²) in [5, 5.41) is 4.37. The van der Waals surface area contributed by atoms with Crippen molar-refractivity contribution in [2.45, 2.75) is 32.2 Å². The molecule has 102 valence electrons. The van der Waals surface area contributed by atoms with Crippen molar-refractivity contribution in [3.05, 3.63) is 53.3 Å². The number of benzene rings is 1. The number of hydrogen-bond donors (Lipinski definition) is 2. The van der Waals surface area contributed by atoms with Crippen LogP contribution in [0, 0.1) is 6.92 Å². The first-order valence-electron chi connectivity index (χ1n) is 6.71. The van der Waals surface area contributed by atoms with Crippen molar-refractivity contribution in [3.63, 3.8) is 0 Å². The van der Waals surface area contributed by atoms with E-state index in [1.807, 2.05) is 24.7 Å². The maximum absolute atomic E-state index is 5.67. The van der Waals surface area contributed by atoms with Gasteiger partial charge < -0.3 is 0 Å². The lowest BCUT2D eigenvalue weighted by Crippen LogP contribution is -2.29. The summed E-state index contributed by atoms with van der Waals surface area (Å²) in [4.78, 5) is 0. The van der Waals surface area contributed by atoms with Gasteiger partial charge in [0.1, 0.15) is 0 Å². The normalized spacial score (nSPS) is 12.6. The van der Waals surface area contributed by atoms with Crippen LogP contribution in [-0.4, -0.2) is 9.78 Å². The van der Waals surface area contributed by atoms with Crippen molar-refractivity contribution in [2.24, 2.45) is 12.9 Å². The molecule has 2 aromatic rings. The molecule has 1 atom stereocenters. The summed E-state index contributed by atoms with van der Waals surface area (Å²) < 4.78 is 1.91. The van der Waals surface area contributed by atoms with Crippen molar-refractivity contribution in [3.8, 4) is 0 Å². The number of aromatic nitrogens is 2. The van der Waals surface area contributed by atoms with Gasteiger partial charge in [-0.15, -0.1) is 0 Å². The van der Waals surface area contributed by atoms with Crippen molar-refractivity contribution < 1.29 is 0 Å². The van der Waals surface area contributed by atoms with E-state index in [1.165, 1.54) is 5.56 Å². The van der Waals surface area contributed by atoms with Crippen LogP contribution in [0.15, 0.2) is 36.4 Å². The molecule has 0 radical (unpaired) electrons. The van der Waals surface area contributed by atoms with E-state index in [4.69, 9.17) is 5.84 Å². The summed E-state index contributed by atoms with van der Waals surface area (Å²) in [7, 11) is 1.96. The summed E-state index contributed by atoms with van der Waals surface area (Å²) in [6, 6.07) is 12.8. The molecule has 0 spiro atoms. The van der Waals surface area contributed by atoms with Crippen LogP contribution in [-0.2, 0) is 13.5 Å². The van der Waals surface area contributed by atoms with Crippen molar-refractivity contribution >= 4 is 0 Å². The highest BCUT2D eigenvalue weighted by atomic mass is 15.3. The fraction of sp³-hybridized carbons (Fsp3) is 0.400. The van der Waals surface area contributed by atoms with E-state index in [0.717, 1.165) is 30.7 Å². The molecule has 0 aliphatic heterocycles. The molecule has 3 N–H and O–H groups in total. The second-order valence-electron chi connectivity index (χ2n) is 4.93. The lowest BCUT2D eigenvalue weighted by atomic mass is 10.0. The molecule has 1 aromatic heterocycles. The maximum atomic E-state index is 5.67. The summed E-state index contributed by atoms with van der Waals surface area (Å²) >= 11 is 0. The Kier molecular flexibility index (Phi) is 4.71. The highest BCUT2D eigenvalue weighted by Crippen LogP contribution is 2.19. The molecule has 0 fully saturated rings. The number of hydrogen-bond acceptors (Lipinski definition) is 3. The Labute approximate surface area is 114 Å². The zero-order valence-electron chi connectivity index (χ0n) is 11.6. The highest BCUT2D eigenvalue weighted by molar-refractivity contribution is 5.15. The SMILES string of the molecule is Cc1cc(C(CCCc2ccccc2)NN)n(C)n1. The summed E-state index contributed by atoms with van der Waals surface area (Å²) in [5.41, 5.74) is 6.45. The van der Waals surface area contributed by atoms with E-state index in [0.29, 0.717) is 0 Å². The van der Waals surface area contributed by atoms with Crippen LogP contribution in [0.1, 0.15) is 35.8 Å². The van der Waals surface area contributed by atoms with Gasteiger partial charge in [-0.1, -0.05) is 30.3 Å². The van der Waals surface area contributed by atoms with Gasteiger partial charge >= 0.3 is 0 Å². The molecule has 1 aromatic carbocycles. The average Bonchev–Trinajstić information content (AvgIpc) is 2.75. The Morgan fingerprint density at radius 3 is 2.63 bits per heavy atom. The first-order chi connectivity index (χ1) is 9.20. The Hall–Kier alpha value is -1.65. The van der Waals surface area contributed by atoms with Crippen LogP contribution in [0.25, 0.3) is 0 Å². The van der Waals surface area contributed by atoms with E-state index in [9.17, 15) is 0 Å². The largest absolute Gasteiger partial charge is 0.271 e. The van der Waals surface area contributed by atoms with E-state index < -0.39 is 0 Å². The Bertz CT molecular complexity index is 504. The zero-order valence-corrected chi connectivity index (χ0v) is 11.6. The molecule has 2 rings (SSSR count). The molecule has 0 bridgehead atoms. The van der Waals surface area contributed by atoms with Crippen LogP contribution in [0.3, 0.4) is 0 Å². The van der Waals surface area contributed by atoms with Crippen LogP contribution in [0.4, 0.5) is 0 Å². The molecule has 1 heterocycles. The van der Waals surface area contributed by atoms with Crippen molar-refractivity contribution in [1.29, 1.82) is 0 Å². The molecule has 4 nitrogen and oxygen atoms in total. The van der Waals surface area contributed by atoms with Gasteiger partial charge in [0, 0.05) is 7.05 Å². The number of nitrogens with one attached hydrogen (secondary N) is 1. The minimum Gasteiger partial charge on any atom is -0.271 e. The molecule has 0 aliphatic carbocycles. The standard InChI is InChI=1S/C15H22N4/c1-12-11-15(19(2)18-12)14(17-16)10-6-9-13-7-4-3-5-8-13/h3-5,7-8,11,14,17H,6,9-10,16H2,1-2H3. The van der Waals surface area contributed by atoms with Gasteiger partial charge in [0.05, 0.1) is 17.4 Å². The van der Waals surface area contributed by atoms with Crippen LogP contribution < -0.4 is 11.3 Å². The van der Waals surface area contributed by atoms with Gasteiger partial charge in [-0.3, -0.25) is 16.0 Å². The highest BCUT2D eigenvalue weighted by Gasteiger charge is 2.14. The van der Waals surface area contributed by atoms with E-state index in [1.54, 1.807) is 0 Å². The van der Waals surface area contributed by atoms with Gasteiger partial charge in [0.2, 0.25) is 0 Å². The third-order valence-corrected chi connectivity index (χ3v) is 3.40. The van der Waals surface area contributed by atoms with Gasteiger partial charge in [-0.2, -0.15) is 5.10 Å². The maximum Gasteiger partial charge on any atom is 0.0629 e. The number of nitrogens with zero attached hydrogens (tertiary/aromatic N) is 2. The lowest BCUT2D eigenvalue weighted by molar-refractivity contribution is 0.467. The monoisotopic (exact) mass is 258 g/mol. The molecule has 19 heavy (non-hydrogen) atoms. The Morgan fingerprint density at radius 2 is 2.05 bits per heavy atom. The van der Waals surface area contributed by atoms with Crippen molar-refractivity contribution in [2.75, 3.05) is 0 Å². The van der Waals surface area contributed by atoms with E-state index >= 15 is 0 Å². The Morgan fingerprint density at radius 1 is 1.32 bits per heavy atom. The minimum atomic E-state index is 0.162. The predicted octanol–water partition coefficient (Wildman–Crippen LogP) is 2.26. The lowest BCUT2D eigenvalue weighted by Gasteiger charge is -2.16. The van der Waals surface area contributed by atoms with E-state index in [2.05, 4.69) is 40.9 Å². The fourth-order valence-corrected chi connectivity index (χ4v) is 2.43. The quantitative estimate of drug-likeness (QED) is 0.617. The summed E-state index contributed by atoms with van der Waals surface area (Å²) in [6.45, 7) is 2.00. The topological polar surface area (TPSA) is 55.9 Å². The molecule has 0 amide bonds. The Balaban J connectivity index is 1.91. The van der Waals surface area contributed by atoms with Gasteiger partial charge in [0.25, 0.3) is 0 Å². The number of aryl methyl sites for hydroxylation is 3. The first-order valence-corrected chi connectivity index (χ1v) is 6.71. The molecule has 0 saturated carbocycles. The van der Waals surface area contributed by atoms with Crippen molar-refractivity contribution in [1.82, 2.24) is 15.2 Å². The van der Waals surface area contributed by atoms with Crippen LogP contribution in [0.2, 0.25) is 0 Å². The smallest absolute Gasteiger partial charge is 0.0629 e. The molecular formula is C15H22N4. The fourth-order valence-electron chi connectivity index (χ4n) is 2.43. The molecular weight excluding hydrogens is 236 g/mol. The van der Waals surface area contributed by atoms with Gasteiger partial charge in [-0.25, -0.2) is 0 Å². The summed E-state index contributed by atoms with van der Waals surface area (Å²) in [5.74, 6) is 5.67. The average molecular weight is 258 g/mol. The molecule has 1 unspecified atom stereocenters. The van der Waals surface area contributed by atoms with E-state index in [-0.39, 0.29) is 6.04 Å². The van der Waals surface area contributed by atoms with Gasteiger partial charge in [0.15, 0.2) is 0 Å². The summed E-state index contributed by atoms with van der Waals surface area (Å²) in [6.07, 6.45) is 3.18. The number of nitrogens with two attached hydrogens (primary N) is 1. The third-order valence-electron chi connectivity index (χ3n) is 3.40. The molecule has 0 aliphatic rings. The minimum absolute atomic E-state index is 0.162. The predicted molar refractivity (Wildman–Crippen MR) is 77.4 cm³/mol. The van der Waals surface area contributed by atoms with Gasteiger partial charge in [-0.05, 0) is 37.8 Å². The number of rotatable bonds is 6. The molecule has 0 saturated heterocycles. The number of hydrazine groups is 1. The second kappa shape index (κ2) is 6.50. The second-order valence-corrected chi connectivity index (χ2v) is 4.93. The zero-order chi connectivity index (χ0) is 13.7. The first kappa shape index (κ1) is 13.8. The van der Waals surface area contributed by atoms with Crippen LogP contribution >= 0.6 is 0 Å². The molecule has 4 heteroatoms.